The number of rotatable bonds is 8. The van der Waals surface area contributed by atoms with Crippen LogP contribution < -0.4 is 9.64 Å². The number of nitrogens with zero attached hydrogens (tertiary/aromatic N) is 3. The van der Waals surface area contributed by atoms with Crippen molar-refractivity contribution >= 4 is 11.6 Å². The number of amides is 1. The minimum atomic E-state index is -1.59. The standard InChI is InChI=1S/C28H37F2N3O5/c1-21-6-8-22(9-7-21)32-12-10-27(35,11-13-32)17-31-14-15-33(25(34)16-37-2)19-28(36,18-31)20-38-24-5-3-4-23(29)26(24)30/h3-9,35-36H,10-20H2,1-2H3/t28-/m1/s1. The van der Waals surface area contributed by atoms with Crippen molar-refractivity contribution < 1.29 is 33.3 Å². The molecule has 8 nitrogen and oxygen atoms in total. The topological polar surface area (TPSA) is 85.7 Å². The van der Waals surface area contributed by atoms with Crippen LogP contribution in [0.1, 0.15) is 18.4 Å². The highest BCUT2D eigenvalue weighted by molar-refractivity contribution is 5.77. The van der Waals surface area contributed by atoms with Gasteiger partial charge in [0.15, 0.2) is 11.6 Å². The Morgan fingerprint density at radius 1 is 0.974 bits per heavy atom. The molecule has 2 aliphatic heterocycles. The summed E-state index contributed by atoms with van der Waals surface area (Å²) in [6, 6.07) is 11.9. The number of carbonyl (C=O) groups is 1. The number of hydrogen-bond donors (Lipinski definition) is 2. The molecule has 1 amide bonds. The number of β-amino-alcohol motifs (C(OH)–C–C–N with tert-alkyl or cyclic N) is 2. The van der Waals surface area contributed by atoms with E-state index in [1.807, 2.05) is 11.8 Å². The minimum absolute atomic E-state index is 0.0672. The van der Waals surface area contributed by atoms with Gasteiger partial charge in [0.05, 0.1) is 12.1 Å². The molecule has 0 bridgehead atoms. The molecule has 10 heteroatoms. The fourth-order valence-corrected chi connectivity index (χ4v) is 5.21. The fraction of sp³-hybridized carbons (Fsp3) is 0.536. The van der Waals surface area contributed by atoms with Gasteiger partial charge >= 0.3 is 0 Å². The summed E-state index contributed by atoms with van der Waals surface area (Å²) in [5.41, 5.74) is -0.241. The van der Waals surface area contributed by atoms with Crippen molar-refractivity contribution in [3.8, 4) is 5.75 Å². The SMILES string of the molecule is COCC(=O)N1CCN(CC2(O)CCN(c3ccc(C)cc3)CC2)C[C@](O)(COc2cccc(F)c2F)C1. The smallest absolute Gasteiger partial charge is 0.248 e. The normalized spacial score (nSPS) is 22.3. The molecule has 2 aromatic rings. The van der Waals surface area contributed by atoms with Gasteiger partial charge in [-0.15, -0.1) is 0 Å². The largest absolute Gasteiger partial charge is 0.487 e. The molecule has 38 heavy (non-hydrogen) atoms. The Morgan fingerprint density at radius 3 is 2.37 bits per heavy atom. The van der Waals surface area contributed by atoms with Crippen LogP contribution in [0.5, 0.6) is 5.75 Å². The Labute approximate surface area is 222 Å². The van der Waals surface area contributed by atoms with E-state index in [2.05, 4.69) is 29.2 Å². The Morgan fingerprint density at radius 2 is 1.68 bits per heavy atom. The van der Waals surface area contributed by atoms with E-state index in [9.17, 15) is 23.8 Å². The molecule has 0 radical (unpaired) electrons. The van der Waals surface area contributed by atoms with E-state index in [4.69, 9.17) is 9.47 Å². The molecule has 2 fully saturated rings. The highest BCUT2D eigenvalue weighted by atomic mass is 19.2. The van der Waals surface area contributed by atoms with Gasteiger partial charge in [-0.2, -0.15) is 4.39 Å². The van der Waals surface area contributed by atoms with Crippen LogP contribution in [0.15, 0.2) is 42.5 Å². The lowest BCUT2D eigenvalue weighted by Crippen LogP contribution is -2.56. The molecular formula is C28H37F2N3O5. The Kier molecular flexibility index (Phi) is 8.87. The van der Waals surface area contributed by atoms with E-state index < -0.39 is 22.8 Å². The van der Waals surface area contributed by atoms with Crippen molar-refractivity contribution in [2.45, 2.75) is 31.0 Å². The van der Waals surface area contributed by atoms with Crippen LogP contribution in [-0.4, -0.2) is 103 Å². The quantitative estimate of drug-likeness (QED) is 0.538. The van der Waals surface area contributed by atoms with Gasteiger partial charge in [0, 0.05) is 52.1 Å². The first-order valence-electron chi connectivity index (χ1n) is 12.9. The van der Waals surface area contributed by atoms with Crippen LogP contribution in [0.4, 0.5) is 14.5 Å². The molecular weight excluding hydrogens is 496 g/mol. The molecule has 0 aromatic heterocycles. The third-order valence-electron chi connectivity index (χ3n) is 7.33. The first kappa shape index (κ1) is 28.2. The molecule has 4 rings (SSSR count). The van der Waals surface area contributed by atoms with Crippen molar-refractivity contribution in [1.82, 2.24) is 9.80 Å². The van der Waals surface area contributed by atoms with Gasteiger partial charge in [-0.1, -0.05) is 23.8 Å². The summed E-state index contributed by atoms with van der Waals surface area (Å²) in [5, 5.41) is 23.0. The van der Waals surface area contributed by atoms with Gasteiger partial charge in [-0.3, -0.25) is 9.69 Å². The molecule has 208 valence electrons. The molecule has 0 spiro atoms. The zero-order valence-electron chi connectivity index (χ0n) is 22.0. The molecule has 0 unspecified atom stereocenters. The fourth-order valence-electron chi connectivity index (χ4n) is 5.21. The van der Waals surface area contributed by atoms with Crippen LogP contribution in [0.3, 0.4) is 0 Å². The zero-order chi connectivity index (χ0) is 27.3. The Bertz CT molecular complexity index is 1090. The van der Waals surface area contributed by atoms with Crippen LogP contribution in [0, 0.1) is 18.6 Å². The molecule has 0 saturated carbocycles. The van der Waals surface area contributed by atoms with Gasteiger partial charge in [0.25, 0.3) is 0 Å². The number of aliphatic hydroxyl groups is 2. The van der Waals surface area contributed by atoms with E-state index in [1.165, 1.54) is 29.7 Å². The van der Waals surface area contributed by atoms with Crippen LogP contribution in [0.25, 0.3) is 0 Å². The Balaban J connectivity index is 1.44. The summed E-state index contributed by atoms with van der Waals surface area (Å²) >= 11 is 0. The van der Waals surface area contributed by atoms with Gasteiger partial charge < -0.3 is 29.5 Å². The second kappa shape index (κ2) is 11.9. The Hall–Kier alpha value is -2.79. The number of methoxy groups -OCH3 is 1. The number of halogens is 2. The maximum atomic E-state index is 14.2. The molecule has 0 aliphatic carbocycles. The number of aryl methyl sites for hydroxylation is 1. The number of benzene rings is 2. The predicted octanol–water partition coefficient (Wildman–Crippen LogP) is 2.21. The first-order valence-corrected chi connectivity index (χ1v) is 12.9. The summed E-state index contributed by atoms with van der Waals surface area (Å²) in [5.74, 6) is -2.79. The van der Waals surface area contributed by atoms with Gasteiger partial charge in [0.1, 0.15) is 18.8 Å². The van der Waals surface area contributed by atoms with Crippen LogP contribution in [-0.2, 0) is 9.53 Å². The van der Waals surface area contributed by atoms with Crippen molar-refractivity contribution in [1.29, 1.82) is 0 Å². The third kappa shape index (κ3) is 6.99. The number of carbonyl (C=O) groups excluding carboxylic acids is 1. The summed E-state index contributed by atoms with van der Waals surface area (Å²) in [4.78, 5) is 18.3. The van der Waals surface area contributed by atoms with Crippen molar-refractivity contribution in [3.05, 3.63) is 59.7 Å². The molecule has 2 heterocycles. The van der Waals surface area contributed by atoms with Crippen molar-refractivity contribution in [3.63, 3.8) is 0 Å². The predicted molar refractivity (Wildman–Crippen MR) is 139 cm³/mol. The van der Waals surface area contributed by atoms with E-state index in [0.29, 0.717) is 45.6 Å². The number of piperidine rings is 1. The van der Waals surface area contributed by atoms with E-state index in [1.54, 1.807) is 0 Å². The molecule has 1 atom stereocenters. The lowest BCUT2D eigenvalue weighted by molar-refractivity contribution is -0.138. The first-order chi connectivity index (χ1) is 18.1. The average Bonchev–Trinajstić information content (AvgIpc) is 3.04. The maximum absolute atomic E-state index is 14.2. The average molecular weight is 534 g/mol. The monoisotopic (exact) mass is 533 g/mol. The second-order valence-electron chi connectivity index (χ2n) is 10.6. The lowest BCUT2D eigenvalue weighted by Gasteiger charge is -2.42. The van der Waals surface area contributed by atoms with Crippen LogP contribution >= 0.6 is 0 Å². The van der Waals surface area contributed by atoms with Gasteiger partial charge in [0.2, 0.25) is 11.7 Å². The highest BCUT2D eigenvalue weighted by Gasteiger charge is 2.41. The highest BCUT2D eigenvalue weighted by Crippen LogP contribution is 2.29. The summed E-state index contributed by atoms with van der Waals surface area (Å²) < 4.78 is 38.3. The summed E-state index contributed by atoms with van der Waals surface area (Å²) in [6.07, 6.45) is 1.10. The van der Waals surface area contributed by atoms with E-state index in [0.717, 1.165) is 11.8 Å². The summed E-state index contributed by atoms with van der Waals surface area (Å²) in [7, 11) is 1.42. The van der Waals surface area contributed by atoms with E-state index in [-0.39, 0.29) is 38.0 Å². The molecule has 2 saturated heterocycles. The van der Waals surface area contributed by atoms with Crippen LogP contribution in [0.2, 0.25) is 0 Å². The third-order valence-corrected chi connectivity index (χ3v) is 7.33. The van der Waals surface area contributed by atoms with Gasteiger partial charge in [-0.05, 0) is 44.0 Å². The molecule has 2 aliphatic rings. The molecule has 2 aromatic carbocycles. The molecule has 2 N–H and O–H groups in total. The van der Waals surface area contributed by atoms with Crippen molar-refractivity contribution in [2.24, 2.45) is 0 Å². The lowest BCUT2D eigenvalue weighted by atomic mass is 9.90. The number of hydrogen-bond acceptors (Lipinski definition) is 7. The second-order valence-corrected chi connectivity index (χ2v) is 10.6. The van der Waals surface area contributed by atoms with Crippen molar-refractivity contribution in [2.75, 3.05) is 71.0 Å². The number of anilines is 1. The zero-order valence-corrected chi connectivity index (χ0v) is 22.0. The van der Waals surface area contributed by atoms with E-state index >= 15 is 0 Å². The summed E-state index contributed by atoms with van der Waals surface area (Å²) in [6.45, 7) is 4.00. The number of ether oxygens (including phenoxy) is 2. The van der Waals surface area contributed by atoms with Gasteiger partial charge in [-0.25, -0.2) is 4.39 Å². The minimum Gasteiger partial charge on any atom is -0.487 e. The maximum Gasteiger partial charge on any atom is 0.248 e.